The molecule has 7 N–H and O–H groups in total. The van der Waals surface area contributed by atoms with Gasteiger partial charge in [0.05, 0.1) is 12.9 Å². The Hall–Kier alpha value is -3.52. The molecule has 18 heteroatoms. The van der Waals surface area contributed by atoms with Gasteiger partial charge in [-0.25, -0.2) is 19.7 Å². The third kappa shape index (κ3) is 5.80. The SMILES string of the molecule is Nc1ncnc2c1ncn2[C@@H]1O[C@H](COS(=O)(=O)NC(=O)CCC(=O)c2ccccc2B(O)O)[C@@H](O)[C@H]1O. The highest BCUT2D eigenvalue weighted by atomic mass is 32.2. The number of nitrogens with one attached hydrogen (secondary N) is 1. The average molecular weight is 550 g/mol. The van der Waals surface area contributed by atoms with Crippen LogP contribution in [0, 0.1) is 0 Å². The number of fused-ring (bicyclic) bond motifs is 1. The second-order valence-electron chi connectivity index (χ2n) is 8.28. The van der Waals surface area contributed by atoms with Crippen LogP contribution in [0.5, 0.6) is 0 Å². The van der Waals surface area contributed by atoms with E-state index in [4.69, 9.17) is 14.7 Å². The maximum Gasteiger partial charge on any atom is 0.489 e. The second kappa shape index (κ2) is 11.1. The minimum Gasteiger partial charge on any atom is -0.423 e. The summed E-state index contributed by atoms with van der Waals surface area (Å²) in [5.74, 6) is -1.59. The summed E-state index contributed by atoms with van der Waals surface area (Å²) >= 11 is 0. The van der Waals surface area contributed by atoms with Crippen molar-refractivity contribution in [3.05, 3.63) is 42.5 Å². The molecule has 38 heavy (non-hydrogen) atoms. The molecule has 1 amide bonds. The van der Waals surface area contributed by atoms with E-state index >= 15 is 0 Å². The molecule has 2 aromatic heterocycles. The minimum atomic E-state index is -4.67. The van der Waals surface area contributed by atoms with Gasteiger partial charge >= 0.3 is 17.4 Å². The highest BCUT2D eigenvalue weighted by molar-refractivity contribution is 7.85. The topological polar surface area (TPSA) is 249 Å². The first-order valence-electron chi connectivity index (χ1n) is 11.1. The van der Waals surface area contributed by atoms with Crippen molar-refractivity contribution >= 4 is 51.6 Å². The first-order chi connectivity index (χ1) is 18.0. The highest BCUT2D eigenvalue weighted by Gasteiger charge is 2.45. The van der Waals surface area contributed by atoms with Crippen molar-refractivity contribution in [3.8, 4) is 0 Å². The van der Waals surface area contributed by atoms with Crippen LogP contribution in [0.4, 0.5) is 5.82 Å². The molecule has 0 radical (unpaired) electrons. The minimum absolute atomic E-state index is 0.0188. The summed E-state index contributed by atoms with van der Waals surface area (Å²) in [7, 11) is -6.57. The molecule has 4 rings (SSSR count). The zero-order valence-electron chi connectivity index (χ0n) is 19.5. The standard InChI is InChI=1S/C20H23BN6O10S/c22-18-15-19(24-8-23-18)27(9-25-15)20-17(31)16(30)13(37-20)7-36-38(34,35)26-14(29)6-5-12(28)10-3-1-2-4-11(10)21(32)33/h1-4,8-9,13,16-17,20,30-33H,5-7H2,(H,26,29)(H2,22,23,24)/t13-,16-,17-,20-/m1/s1. The first kappa shape index (κ1) is 27.5. The number of ether oxygens (including phenoxy) is 1. The molecule has 0 aliphatic carbocycles. The predicted octanol–water partition coefficient (Wildman–Crippen LogP) is -3.25. The summed E-state index contributed by atoms with van der Waals surface area (Å²) in [6.45, 7) is -0.762. The highest BCUT2D eigenvalue weighted by Crippen LogP contribution is 2.32. The van der Waals surface area contributed by atoms with Crippen molar-refractivity contribution in [2.45, 2.75) is 37.4 Å². The Kier molecular flexibility index (Phi) is 8.02. The molecular weight excluding hydrogens is 527 g/mol. The molecule has 0 bridgehead atoms. The molecule has 1 aromatic carbocycles. The van der Waals surface area contributed by atoms with Gasteiger partial charge in [-0.15, -0.1) is 0 Å². The van der Waals surface area contributed by atoms with E-state index in [1.54, 1.807) is 4.72 Å². The Morgan fingerprint density at radius 3 is 2.61 bits per heavy atom. The van der Waals surface area contributed by atoms with E-state index in [9.17, 15) is 38.3 Å². The molecule has 3 aromatic rings. The zero-order chi connectivity index (χ0) is 27.6. The lowest BCUT2D eigenvalue weighted by molar-refractivity contribution is -0.119. The molecule has 0 unspecified atom stereocenters. The van der Waals surface area contributed by atoms with Gasteiger partial charge in [-0.2, -0.15) is 8.42 Å². The van der Waals surface area contributed by atoms with Crippen molar-refractivity contribution in [2.24, 2.45) is 0 Å². The summed E-state index contributed by atoms with van der Waals surface area (Å²) in [4.78, 5) is 36.3. The van der Waals surface area contributed by atoms with Crippen molar-refractivity contribution in [3.63, 3.8) is 0 Å². The molecule has 202 valence electrons. The molecule has 16 nitrogen and oxygen atoms in total. The number of rotatable bonds is 10. The molecule has 1 fully saturated rings. The number of hydrogen-bond acceptors (Lipinski definition) is 14. The molecule has 1 aliphatic heterocycles. The molecule has 0 spiro atoms. The molecule has 1 saturated heterocycles. The van der Waals surface area contributed by atoms with Gasteiger partial charge in [-0.05, 0) is 5.46 Å². The van der Waals surface area contributed by atoms with Gasteiger partial charge < -0.3 is 30.7 Å². The summed E-state index contributed by atoms with van der Waals surface area (Å²) in [5.41, 5.74) is 6.11. The molecule has 1 aliphatic rings. The van der Waals surface area contributed by atoms with Crippen LogP contribution >= 0.6 is 0 Å². The van der Waals surface area contributed by atoms with Gasteiger partial charge in [-0.1, -0.05) is 24.3 Å². The molecule has 0 saturated carbocycles. The van der Waals surface area contributed by atoms with Crippen LogP contribution in [0.2, 0.25) is 0 Å². The number of carbonyl (C=O) groups excluding carboxylic acids is 2. The Bertz CT molecular complexity index is 1450. The van der Waals surface area contributed by atoms with Crippen LogP contribution in [-0.4, -0.2) is 91.9 Å². The fourth-order valence-electron chi connectivity index (χ4n) is 3.87. The lowest BCUT2D eigenvalue weighted by atomic mass is 9.76. The van der Waals surface area contributed by atoms with Crippen LogP contribution in [0.15, 0.2) is 36.9 Å². The maximum atomic E-state index is 12.4. The van der Waals surface area contributed by atoms with E-state index in [0.29, 0.717) is 0 Å². The van der Waals surface area contributed by atoms with E-state index in [1.165, 1.54) is 41.5 Å². The Morgan fingerprint density at radius 1 is 1.13 bits per heavy atom. The molecule has 4 atom stereocenters. The predicted molar refractivity (Wildman–Crippen MR) is 129 cm³/mol. The summed E-state index contributed by atoms with van der Waals surface area (Å²) in [5, 5.41) is 39.5. The van der Waals surface area contributed by atoms with Crippen molar-refractivity contribution < 1.29 is 47.2 Å². The maximum absolute atomic E-state index is 12.4. The largest absolute Gasteiger partial charge is 0.489 e. The third-order valence-corrected chi connectivity index (χ3v) is 6.67. The van der Waals surface area contributed by atoms with Gasteiger partial charge in [0, 0.05) is 18.4 Å². The Labute approximate surface area is 215 Å². The van der Waals surface area contributed by atoms with Crippen LogP contribution < -0.4 is 15.9 Å². The van der Waals surface area contributed by atoms with E-state index < -0.39 is 73.1 Å². The van der Waals surface area contributed by atoms with Gasteiger partial charge in [0.1, 0.15) is 30.2 Å². The third-order valence-electron chi connectivity index (χ3n) is 5.74. The number of carbonyl (C=O) groups is 2. The summed E-state index contributed by atoms with van der Waals surface area (Å²) in [6.07, 6.45) is -4.13. The number of aliphatic hydroxyl groups excluding tert-OH is 2. The number of aromatic nitrogens is 4. The lowest BCUT2D eigenvalue weighted by Crippen LogP contribution is -2.38. The van der Waals surface area contributed by atoms with E-state index in [2.05, 4.69) is 15.0 Å². The number of nitrogens with zero attached hydrogens (tertiary/aromatic N) is 4. The average Bonchev–Trinajstić information content (AvgIpc) is 3.42. The Morgan fingerprint density at radius 2 is 1.87 bits per heavy atom. The first-order valence-corrected chi connectivity index (χ1v) is 12.5. The second-order valence-corrected chi connectivity index (χ2v) is 9.63. The number of nitrogen functional groups attached to an aromatic ring is 1. The number of ketones is 1. The quantitative estimate of drug-likeness (QED) is 0.107. The number of anilines is 1. The van der Waals surface area contributed by atoms with Gasteiger partial charge in [0.25, 0.3) is 0 Å². The smallest absolute Gasteiger partial charge is 0.423 e. The summed E-state index contributed by atoms with van der Waals surface area (Å²) < 4.78 is 37.7. The normalized spacial score (nSPS) is 21.5. The monoisotopic (exact) mass is 550 g/mol. The fraction of sp³-hybridized carbons (Fsp3) is 0.350. The van der Waals surface area contributed by atoms with Gasteiger partial charge in [0.15, 0.2) is 23.5 Å². The number of imidazole rings is 1. The van der Waals surface area contributed by atoms with Crippen molar-refractivity contribution in [2.75, 3.05) is 12.3 Å². The number of amides is 1. The van der Waals surface area contributed by atoms with Crippen LogP contribution in [0.3, 0.4) is 0 Å². The molecule has 3 heterocycles. The number of hydrogen-bond donors (Lipinski definition) is 6. The van der Waals surface area contributed by atoms with E-state index in [0.717, 1.165) is 0 Å². The number of benzene rings is 1. The number of Topliss-reactive ketones (excluding diaryl/α,β-unsaturated/α-hetero) is 1. The lowest BCUT2D eigenvalue weighted by Gasteiger charge is -2.16. The van der Waals surface area contributed by atoms with Crippen LogP contribution in [0.25, 0.3) is 11.2 Å². The Balaban J connectivity index is 1.32. The van der Waals surface area contributed by atoms with E-state index in [1.807, 2.05) is 0 Å². The van der Waals surface area contributed by atoms with Crippen molar-refractivity contribution in [1.29, 1.82) is 0 Å². The number of nitrogens with two attached hydrogens (primary N) is 1. The van der Waals surface area contributed by atoms with Crippen LogP contribution in [-0.2, 0) is 24.0 Å². The van der Waals surface area contributed by atoms with Gasteiger partial charge in [0.2, 0.25) is 5.91 Å². The summed E-state index contributed by atoms with van der Waals surface area (Å²) in [6, 6.07) is 5.67. The number of aliphatic hydroxyl groups is 2. The van der Waals surface area contributed by atoms with E-state index in [-0.39, 0.29) is 28.0 Å². The fourth-order valence-corrected chi connectivity index (χ4v) is 4.62. The molecular formula is C20H23BN6O10S. The van der Waals surface area contributed by atoms with Gasteiger partial charge in [-0.3, -0.25) is 18.3 Å². The van der Waals surface area contributed by atoms with Crippen molar-refractivity contribution in [1.82, 2.24) is 24.2 Å². The zero-order valence-corrected chi connectivity index (χ0v) is 20.3. The van der Waals surface area contributed by atoms with Crippen LogP contribution in [0.1, 0.15) is 29.4 Å².